The lowest BCUT2D eigenvalue weighted by Gasteiger charge is -2.27. The number of benzene rings is 1. The van der Waals surface area contributed by atoms with Crippen molar-refractivity contribution in [3.8, 4) is 5.75 Å². The van der Waals surface area contributed by atoms with E-state index in [0.29, 0.717) is 12.3 Å². The summed E-state index contributed by atoms with van der Waals surface area (Å²) < 4.78 is 5.22. The summed E-state index contributed by atoms with van der Waals surface area (Å²) in [6, 6.07) is 7.49. The van der Waals surface area contributed by atoms with E-state index in [2.05, 4.69) is 10.6 Å². The van der Waals surface area contributed by atoms with E-state index in [1.54, 1.807) is 7.11 Å². The second kappa shape index (κ2) is 7.88. The summed E-state index contributed by atoms with van der Waals surface area (Å²) >= 11 is 0. The minimum Gasteiger partial charge on any atom is -0.495 e. The maximum Gasteiger partial charge on any atom is 0.239 e. The van der Waals surface area contributed by atoms with E-state index in [1.807, 2.05) is 24.3 Å². The van der Waals surface area contributed by atoms with Crippen molar-refractivity contribution in [2.45, 2.75) is 31.8 Å². The molecule has 1 aromatic carbocycles. The molecule has 2 rings (SSSR count). The number of amides is 1. The van der Waals surface area contributed by atoms with Crippen LogP contribution < -0.4 is 15.4 Å². The molecule has 2 atom stereocenters. The molecule has 0 spiro atoms. The molecule has 3 N–H and O–H groups in total. The fourth-order valence-electron chi connectivity index (χ4n) is 2.70. The first kappa shape index (κ1) is 15.6. The van der Waals surface area contributed by atoms with Gasteiger partial charge in [0.2, 0.25) is 5.91 Å². The number of carbonyl (C=O) groups is 1. The fourth-order valence-corrected chi connectivity index (χ4v) is 2.70. The molecule has 116 valence electrons. The quantitative estimate of drug-likeness (QED) is 0.747. The van der Waals surface area contributed by atoms with E-state index in [0.717, 1.165) is 31.4 Å². The highest BCUT2D eigenvalue weighted by Crippen LogP contribution is 2.24. The van der Waals surface area contributed by atoms with Crippen molar-refractivity contribution < 1.29 is 14.6 Å². The van der Waals surface area contributed by atoms with Crippen molar-refractivity contribution in [1.29, 1.82) is 0 Å². The summed E-state index contributed by atoms with van der Waals surface area (Å²) in [5, 5.41) is 15.8. The molecule has 1 aliphatic rings. The Hall–Kier alpha value is -1.75. The molecule has 21 heavy (non-hydrogen) atoms. The van der Waals surface area contributed by atoms with Crippen LogP contribution in [-0.2, 0) is 4.79 Å². The molecule has 0 saturated heterocycles. The molecule has 2 unspecified atom stereocenters. The smallest absolute Gasteiger partial charge is 0.239 e. The Morgan fingerprint density at radius 1 is 1.33 bits per heavy atom. The van der Waals surface area contributed by atoms with Gasteiger partial charge in [-0.2, -0.15) is 0 Å². The molecule has 0 aliphatic heterocycles. The van der Waals surface area contributed by atoms with Crippen molar-refractivity contribution in [2.24, 2.45) is 5.92 Å². The number of carbonyl (C=O) groups excluding carboxylic acids is 1. The van der Waals surface area contributed by atoms with Gasteiger partial charge in [0.05, 0.1) is 25.4 Å². The Labute approximate surface area is 125 Å². The van der Waals surface area contributed by atoms with Gasteiger partial charge in [-0.3, -0.25) is 4.79 Å². The normalized spacial score (nSPS) is 21.6. The topological polar surface area (TPSA) is 70.6 Å². The van der Waals surface area contributed by atoms with Gasteiger partial charge in [0.15, 0.2) is 0 Å². The minimum atomic E-state index is -0.277. The highest BCUT2D eigenvalue weighted by Gasteiger charge is 2.23. The molecular formula is C16H24N2O3. The largest absolute Gasteiger partial charge is 0.495 e. The Kier molecular flexibility index (Phi) is 5.87. The van der Waals surface area contributed by atoms with Crippen LogP contribution in [0.25, 0.3) is 0 Å². The maximum atomic E-state index is 11.9. The summed E-state index contributed by atoms with van der Waals surface area (Å²) in [4.78, 5) is 11.9. The summed E-state index contributed by atoms with van der Waals surface area (Å²) in [6.45, 7) is 0.747. The first-order chi connectivity index (χ1) is 10.2. The van der Waals surface area contributed by atoms with Crippen molar-refractivity contribution in [3.63, 3.8) is 0 Å². The van der Waals surface area contributed by atoms with Crippen LogP contribution in [0.1, 0.15) is 25.7 Å². The highest BCUT2D eigenvalue weighted by atomic mass is 16.5. The van der Waals surface area contributed by atoms with Gasteiger partial charge >= 0.3 is 0 Å². The first-order valence-corrected chi connectivity index (χ1v) is 7.52. The third-order valence-corrected chi connectivity index (χ3v) is 3.98. The van der Waals surface area contributed by atoms with Crippen LogP contribution in [-0.4, -0.2) is 37.3 Å². The molecule has 1 amide bonds. The number of para-hydroxylation sites is 2. The second-order valence-corrected chi connectivity index (χ2v) is 5.47. The van der Waals surface area contributed by atoms with Gasteiger partial charge in [-0.25, -0.2) is 0 Å². The molecule has 0 heterocycles. The van der Waals surface area contributed by atoms with E-state index in [4.69, 9.17) is 4.74 Å². The number of anilines is 1. The zero-order chi connectivity index (χ0) is 15.1. The van der Waals surface area contributed by atoms with Crippen molar-refractivity contribution in [1.82, 2.24) is 5.32 Å². The summed E-state index contributed by atoms with van der Waals surface area (Å²) in [5.41, 5.74) is 0.799. The Balaban J connectivity index is 1.74. The molecule has 1 saturated carbocycles. The second-order valence-electron chi connectivity index (χ2n) is 5.47. The average Bonchev–Trinajstić information content (AvgIpc) is 2.52. The van der Waals surface area contributed by atoms with Gasteiger partial charge in [-0.05, 0) is 25.0 Å². The zero-order valence-corrected chi connectivity index (χ0v) is 12.5. The maximum absolute atomic E-state index is 11.9. The third-order valence-electron chi connectivity index (χ3n) is 3.98. The number of aliphatic hydroxyl groups is 1. The van der Waals surface area contributed by atoms with Crippen molar-refractivity contribution in [2.75, 3.05) is 25.5 Å². The summed E-state index contributed by atoms with van der Waals surface area (Å²) in [7, 11) is 1.60. The van der Waals surface area contributed by atoms with Crippen LogP contribution in [0.5, 0.6) is 5.75 Å². The number of nitrogens with one attached hydrogen (secondary N) is 2. The molecule has 5 heteroatoms. The number of hydrogen-bond acceptors (Lipinski definition) is 4. The van der Waals surface area contributed by atoms with Gasteiger partial charge in [-0.1, -0.05) is 25.0 Å². The Morgan fingerprint density at radius 3 is 2.86 bits per heavy atom. The Bertz CT molecular complexity index is 465. The van der Waals surface area contributed by atoms with Gasteiger partial charge in [0.1, 0.15) is 5.75 Å². The number of ether oxygens (including phenoxy) is 1. The SMILES string of the molecule is COc1ccccc1NCC(=O)NCC1CCCCC1O. The van der Waals surface area contributed by atoms with E-state index in [1.165, 1.54) is 0 Å². The first-order valence-electron chi connectivity index (χ1n) is 7.52. The van der Waals surface area contributed by atoms with E-state index < -0.39 is 0 Å². The molecule has 1 aromatic rings. The lowest BCUT2D eigenvalue weighted by atomic mass is 9.86. The molecule has 0 aromatic heterocycles. The third kappa shape index (κ3) is 4.63. The van der Waals surface area contributed by atoms with Crippen molar-refractivity contribution in [3.05, 3.63) is 24.3 Å². The molecule has 1 fully saturated rings. The van der Waals surface area contributed by atoms with E-state index >= 15 is 0 Å². The van der Waals surface area contributed by atoms with Gasteiger partial charge in [0.25, 0.3) is 0 Å². The van der Waals surface area contributed by atoms with Gasteiger partial charge in [-0.15, -0.1) is 0 Å². The standard InChI is InChI=1S/C16H24N2O3/c1-21-15-9-5-3-7-13(15)17-11-16(20)18-10-12-6-2-4-8-14(12)19/h3,5,7,9,12,14,17,19H,2,4,6,8,10-11H2,1H3,(H,18,20). The van der Waals surface area contributed by atoms with Crippen LogP contribution in [0.2, 0.25) is 0 Å². The summed E-state index contributed by atoms with van der Waals surface area (Å²) in [6.07, 6.45) is 3.78. The van der Waals surface area contributed by atoms with E-state index in [9.17, 15) is 9.90 Å². The number of rotatable bonds is 6. The van der Waals surface area contributed by atoms with Crippen LogP contribution in [0.15, 0.2) is 24.3 Å². The number of aliphatic hydroxyl groups excluding tert-OH is 1. The molecule has 0 radical (unpaired) electrons. The highest BCUT2D eigenvalue weighted by molar-refractivity contribution is 5.81. The lowest BCUT2D eigenvalue weighted by molar-refractivity contribution is -0.119. The average molecular weight is 292 g/mol. The van der Waals surface area contributed by atoms with Crippen LogP contribution in [0.4, 0.5) is 5.69 Å². The van der Waals surface area contributed by atoms with Crippen LogP contribution in [0.3, 0.4) is 0 Å². The molecule has 0 bridgehead atoms. The molecule has 5 nitrogen and oxygen atoms in total. The van der Waals surface area contributed by atoms with Gasteiger partial charge < -0.3 is 20.5 Å². The molecular weight excluding hydrogens is 268 g/mol. The zero-order valence-electron chi connectivity index (χ0n) is 12.5. The number of methoxy groups -OCH3 is 1. The predicted molar refractivity (Wildman–Crippen MR) is 82.5 cm³/mol. The summed E-state index contributed by atoms with van der Waals surface area (Å²) in [5.74, 6) is 0.834. The van der Waals surface area contributed by atoms with Crippen LogP contribution >= 0.6 is 0 Å². The lowest BCUT2D eigenvalue weighted by Crippen LogP contribution is -2.38. The minimum absolute atomic E-state index is 0.0707. The van der Waals surface area contributed by atoms with E-state index in [-0.39, 0.29) is 24.5 Å². The molecule has 1 aliphatic carbocycles. The number of hydrogen-bond donors (Lipinski definition) is 3. The monoisotopic (exact) mass is 292 g/mol. The van der Waals surface area contributed by atoms with Crippen molar-refractivity contribution >= 4 is 11.6 Å². The van der Waals surface area contributed by atoms with Gasteiger partial charge in [0, 0.05) is 12.5 Å². The fraction of sp³-hybridized carbons (Fsp3) is 0.562. The predicted octanol–water partition coefficient (Wildman–Crippen LogP) is 1.77. The Morgan fingerprint density at radius 2 is 2.10 bits per heavy atom. The van der Waals surface area contributed by atoms with Crippen LogP contribution in [0, 0.1) is 5.92 Å².